The number of rotatable bonds is 2. The number of hydrogen-bond acceptors (Lipinski definition) is 5. The number of allylic oxidation sites excluding steroid dienone is 1. The molecule has 0 unspecified atom stereocenters. The molecule has 2 heterocycles. The van der Waals surface area contributed by atoms with Crippen molar-refractivity contribution in [1.29, 1.82) is 10.5 Å². The fourth-order valence-electron chi connectivity index (χ4n) is 1.81. The smallest absolute Gasteiger partial charge is 0.185 e. The normalized spacial score (nSPS) is 14.8. The van der Waals surface area contributed by atoms with Gasteiger partial charge in [0.25, 0.3) is 0 Å². The second kappa shape index (κ2) is 5.47. The maximum atomic E-state index is 8.68. The van der Waals surface area contributed by atoms with Crippen molar-refractivity contribution in [2.24, 2.45) is 0 Å². The molecule has 0 radical (unpaired) electrons. The summed E-state index contributed by atoms with van der Waals surface area (Å²) >= 11 is 1.53. The molecule has 0 amide bonds. The summed E-state index contributed by atoms with van der Waals surface area (Å²) in [4.78, 5) is 7.47. The van der Waals surface area contributed by atoms with Crippen LogP contribution in [0.5, 0.6) is 0 Å². The number of nitriles is 2. The minimum Gasteiger partial charge on any atom is -0.348 e. The highest BCUT2D eigenvalue weighted by atomic mass is 32.1. The van der Waals surface area contributed by atoms with Crippen LogP contribution in [0.25, 0.3) is 6.08 Å². The van der Waals surface area contributed by atoms with Crippen molar-refractivity contribution in [3.8, 4) is 12.1 Å². The summed E-state index contributed by atoms with van der Waals surface area (Å²) in [5, 5.41) is 18.3. The van der Waals surface area contributed by atoms with Crippen molar-refractivity contribution in [3.05, 3.63) is 16.6 Å². The molecule has 2 rings (SSSR count). The molecular formula is C12H12N4S. The Labute approximate surface area is 104 Å². The van der Waals surface area contributed by atoms with Gasteiger partial charge >= 0.3 is 0 Å². The van der Waals surface area contributed by atoms with Crippen LogP contribution < -0.4 is 4.90 Å². The molecule has 0 spiro atoms. The number of nitrogens with zero attached hydrogens (tertiary/aromatic N) is 4. The van der Waals surface area contributed by atoms with E-state index in [1.54, 1.807) is 12.3 Å². The third kappa shape index (κ3) is 2.83. The van der Waals surface area contributed by atoms with Crippen molar-refractivity contribution >= 4 is 22.5 Å². The first-order chi connectivity index (χ1) is 8.33. The second-order valence-corrected chi connectivity index (χ2v) is 4.92. The van der Waals surface area contributed by atoms with E-state index in [1.807, 2.05) is 12.1 Å². The fraction of sp³-hybridized carbons (Fsp3) is 0.417. The lowest BCUT2D eigenvalue weighted by atomic mass is 10.1. The lowest BCUT2D eigenvalue weighted by Crippen LogP contribution is -2.29. The van der Waals surface area contributed by atoms with E-state index in [1.165, 1.54) is 30.6 Å². The molecule has 1 aliphatic heterocycles. The Kier molecular flexibility index (Phi) is 3.74. The molecule has 5 heteroatoms. The Morgan fingerprint density at radius 2 is 2.00 bits per heavy atom. The molecule has 0 N–H and O–H groups in total. The highest BCUT2D eigenvalue weighted by Crippen LogP contribution is 2.26. The molecule has 0 saturated carbocycles. The van der Waals surface area contributed by atoms with E-state index in [4.69, 9.17) is 10.5 Å². The van der Waals surface area contributed by atoms with E-state index in [0.29, 0.717) is 0 Å². The Hall–Kier alpha value is -1.85. The molecule has 0 aromatic carbocycles. The third-order valence-corrected chi connectivity index (χ3v) is 3.67. The number of hydrogen-bond donors (Lipinski definition) is 0. The van der Waals surface area contributed by atoms with Crippen LogP contribution >= 0.6 is 11.3 Å². The van der Waals surface area contributed by atoms with Crippen molar-refractivity contribution in [3.63, 3.8) is 0 Å². The van der Waals surface area contributed by atoms with Gasteiger partial charge in [0.1, 0.15) is 17.7 Å². The first-order valence-electron chi connectivity index (χ1n) is 5.56. The van der Waals surface area contributed by atoms with Crippen molar-refractivity contribution < 1.29 is 0 Å². The predicted octanol–water partition coefficient (Wildman–Crippen LogP) is 2.56. The van der Waals surface area contributed by atoms with Crippen LogP contribution in [0.3, 0.4) is 0 Å². The standard InChI is InChI=1S/C12H12N4S/c13-7-10(8-14)6-11-9-15-12(17-11)16-4-2-1-3-5-16/h6,9H,1-5H2. The van der Waals surface area contributed by atoms with Gasteiger partial charge in [-0.2, -0.15) is 10.5 Å². The van der Waals surface area contributed by atoms with Crippen LogP contribution in [-0.2, 0) is 0 Å². The van der Waals surface area contributed by atoms with Crippen LogP contribution in [0.2, 0.25) is 0 Å². The molecule has 1 aliphatic rings. The average molecular weight is 244 g/mol. The Balaban J connectivity index is 2.13. The summed E-state index contributed by atoms with van der Waals surface area (Å²) in [5.74, 6) is 0. The maximum absolute atomic E-state index is 8.68. The van der Waals surface area contributed by atoms with E-state index in [0.717, 1.165) is 23.1 Å². The first kappa shape index (κ1) is 11.6. The molecule has 1 saturated heterocycles. The third-order valence-electron chi connectivity index (χ3n) is 2.67. The lowest BCUT2D eigenvalue weighted by Gasteiger charge is -2.25. The lowest BCUT2D eigenvalue weighted by molar-refractivity contribution is 0.577. The molecule has 0 atom stereocenters. The van der Waals surface area contributed by atoms with Crippen LogP contribution in [0.1, 0.15) is 24.1 Å². The van der Waals surface area contributed by atoms with Gasteiger partial charge in [0.2, 0.25) is 0 Å². The van der Waals surface area contributed by atoms with Gasteiger partial charge < -0.3 is 4.90 Å². The van der Waals surface area contributed by atoms with Gasteiger partial charge in [0.05, 0.1) is 4.88 Å². The Morgan fingerprint density at radius 3 is 2.65 bits per heavy atom. The largest absolute Gasteiger partial charge is 0.348 e. The first-order valence-corrected chi connectivity index (χ1v) is 6.38. The van der Waals surface area contributed by atoms with Gasteiger partial charge in [-0.1, -0.05) is 11.3 Å². The molecule has 0 aliphatic carbocycles. The van der Waals surface area contributed by atoms with Crippen molar-refractivity contribution in [2.45, 2.75) is 19.3 Å². The number of aromatic nitrogens is 1. The Morgan fingerprint density at radius 1 is 1.29 bits per heavy atom. The SMILES string of the molecule is N#CC(C#N)=Cc1cnc(N2CCCCC2)s1. The number of anilines is 1. The van der Waals surface area contributed by atoms with Crippen LogP contribution in [0, 0.1) is 22.7 Å². The van der Waals surface area contributed by atoms with Crippen molar-refractivity contribution in [2.75, 3.05) is 18.0 Å². The molecule has 86 valence electrons. The summed E-state index contributed by atoms with van der Waals surface area (Å²) in [6, 6.07) is 3.71. The molecule has 4 nitrogen and oxygen atoms in total. The summed E-state index contributed by atoms with van der Waals surface area (Å²) in [5.41, 5.74) is 0.124. The monoisotopic (exact) mass is 244 g/mol. The fourth-order valence-corrected chi connectivity index (χ4v) is 2.72. The maximum Gasteiger partial charge on any atom is 0.185 e. The highest BCUT2D eigenvalue weighted by Gasteiger charge is 2.13. The zero-order chi connectivity index (χ0) is 12.1. The summed E-state index contributed by atoms with van der Waals surface area (Å²) in [7, 11) is 0. The van der Waals surface area contributed by atoms with Gasteiger partial charge in [0, 0.05) is 19.3 Å². The number of thiazole rings is 1. The summed E-state index contributed by atoms with van der Waals surface area (Å²) < 4.78 is 0. The van der Waals surface area contributed by atoms with Crippen LogP contribution in [0.15, 0.2) is 11.8 Å². The van der Waals surface area contributed by atoms with E-state index in [-0.39, 0.29) is 5.57 Å². The zero-order valence-corrected chi connectivity index (χ0v) is 10.2. The van der Waals surface area contributed by atoms with Crippen molar-refractivity contribution in [1.82, 2.24) is 4.98 Å². The topological polar surface area (TPSA) is 63.7 Å². The Bertz CT molecular complexity index is 481. The van der Waals surface area contributed by atoms with Gasteiger partial charge in [-0.15, -0.1) is 0 Å². The minimum atomic E-state index is 0.124. The molecular weight excluding hydrogens is 232 g/mol. The summed E-state index contributed by atoms with van der Waals surface area (Å²) in [6.07, 6.45) is 7.04. The molecule has 17 heavy (non-hydrogen) atoms. The van der Waals surface area contributed by atoms with E-state index in [9.17, 15) is 0 Å². The molecule has 1 aromatic rings. The zero-order valence-electron chi connectivity index (χ0n) is 9.39. The molecule has 1 fully saturated rings. The molecule has 1 aromatic heterocycles. The van der Waals surface area contributed by atoms with Gasteiger partial charge in [-0.3, -0.25) is 0 Å². The highest BCUT2D eigenvalue weighted by molar-refractivity contribution is 7.16. The summed E-state index contributed by atoms with van der Waals surface area (Å²) in [6.45, 7) is 2.11. The van der Waals surface area contributed by atoms with E-state index in [2.05, 4.69) is 9.88 Å². The molecule has 0 bridgehead atoms. The second-order valence-electron chi connectivity index (χ2n) is 3.87. The van der Waals surface area contributed by atoms with Gasteiger partial charge in [-0.25, -0.2) is 4.98 Å². The quantitative estimate of drug-likeness (QED) is 0.750. The van der Waals surface area contributed by atoms with E-state index >= 15 is 0 Å². The average Bonchev–Trinajstić information content (AvgIpc) is 2.85. The van der Waals surface area contributed by atoms with Crippen LogP contribution in [-0.4, -0.2) is 18.1 Å². The van der Waals surface area contributed by atoms with E-state index < -0.39 is 0 Å². The van der Waals surface area contributed by atoms with Crippen LogP contribution in [0.4, 0.5) is 5.13 Å². The predicted molar refractivity (Wildman–Crippen MR) is 67.4 cm³/mol. The minimum absolute atomic E-state index is 0.124. The van der Waals surface area contributed by atoms with Gasteiger partial charge in [-0.05, 0) is 25.3 Å². The van der Waals surface area contributed by atoms with Gasteiger partial charge in [0.15, 0.2) is 5.13 Å². The number of piperidine rings is 1.